The fraction of sp³-hybridized carbons (Fsp3) is 0.385. The Morgan fingerprint density at radius 2 is 1.23 bits per heavy atom. The lowest BCUT2D eigenvalue weighted by Crippen LogP contribution is -2.60. The van der Waals surface area contributed by atoms with Crippen molar-refractivity contribution >= 4 is 6.08 Å². The number of allylic oxidation sites excluding steroid dienone is 1. The molecule has 0 aliphatic rings. The van der Waals surface area contributed by atoms with E-state index in [1.807, 2.05) is 0 Å². The van der Waals surface area contributed by atoms with Crippen LogP contribution in [0.1, 0.15) is 12.0 Å². The average molecular weight is 336 g/mol. The highest BCUT2D eigenvalue weighted by molar-refractivity contribution is 5.48. The van der Waals surface area contributed by atoms with Crippen LogP contribution in [0.4, 0.5) is 39.5 Å². The summed E-state index contributed by atoms with van der Waals surface area (Å²) in [5.74, 6) is -19.0. The minimum Gasteiger partial charge on any atom is -0.199 e. The maximum Gasteiger partial charge on any atom is 0.460 e. The number of hydrogen-bond acceptors (Lipinski definition) is 0. The second-order valence-corrected chi connectivity index (χ2v) is 4.37. The summed E-state index contributed by atoms with van der Waals surface area (Å²) in [5.41, 5.74) is 0.296. The highest BCUT2D eigenvalue weighted by Crippen LogP contribution is 2.54. The normalized spacial score (nSPS) is 14.6. The van der Waals surface area contributed by atoms with Crippen LogP contribution < -0.4 is 0 Å². The van der Waals surface area contributed by atoms with E-state index in [0.29, 0.717) is 11.6 Å². The van der Waals surface area contributed by atoms with Gasteiger partial charge in [0.05, 0.1) is 0 Å². The van der Waals surface area contributed by atoms with Gasteiger partial charge in [0.1, 0.15) is 0 Å². The van der Waals surface area contributed by atoms with E-state index in [1.165, 1.54) is 24.3 Å². The van der Waals surface area contributed by atoms with Crippen LogP contribution in [0.15, 0.2) is 36.4 Å². The number of benzene rings is 1. The average Bonchev–Trinajstić information content (AvgIpc) is 2.38. The number of rotatable bonds is 5. The van der Waals surface area contributed by atoms with Crippen molar-refractivity contribution in [2.24, 2.45) is 0 Å². The maximum atomic E-state index is 13.1. The SMILES string of the molecule is FC(F)(F)C(F)(F)C(F)(F)C(F)(F)C/C=C/c1ccccc1. The van der Waals surface area contributed by atoms with Crippen LogP contribution in [0.25, 0.3) is 6.08 Å². The van der Waals surface area contributed by atoms with E-state index in [-0.39, 0.29) is 0 Å². The molecule has 0 bridgehead atoms. The molecule has 0 aromatic heterocycles. The van der Waals surface area contributed by atoms with Gasteiger partial charge in [-0.1, -0.05) is 42.5 Å². The van der Waals surface area contributed by atoms with Crippen LogP contribution in [-0.2, 0) is 0 Å². The maximum absolute atomic E-state index is 13.1. The molecule has 0 saturated carbocycles. The summed E-state index contributed by atoms with van der Waals surface area (Å²) in [4.78, 5) is 0. The number of halogens is 9. The third kappa shape index (κ3) is 3.38. The Labute approximate surface area is 119 Å². The largest absolute Gasteiger partial charge is 0.460 e. The Balaban J connectivity index is 2.95. The summed E-state index contributed by atoms with van der Waals surface area (Å²) < 4.78 is 113. The van der Waals surface area contributed by atoms with Gasteiger partial charge in [0, 0.05) is 6.42 Å². The van der Waals surface area contributed by atoms with E-state index < -0.39 is 30.4 Å². The predicted molar refractivity (Wildman–Crippen MR) is 61.0 cm³/mol. The van der Waals surface area contributed by atoms with Gasteiger partial charge in [-0.3, -0.25) is 0 Å². The van der Waals surface area contributed by atoms with E-state index in [9.17, 15) is 39.5 Å². The van der Waals surface area contributed by atoms with E-state index in [1.54, 1.807) is 6.07 Å². The van der Waals surface area contributed by atoms with Gasteiger partial charge >= 0.3 is 23.9 Å². The van der Waals surface area contributed by atoms with Crippen molar-refractivity contribution in [3.63, 3.8) is 0 Å². The molecule has 1 rings (SSSR count). The van der Waals surface area contributed by atoms with E-state index in [2.05, 4.69) is 0 Å². The van der Waals surface area contributed by atoms with Crippen LogP contribution in [-0.4, -0.2) is 23.9 Å². The summed E-state index contributed by atoms with van der Waals surface area (Å²) >= 11 is 0. The molecule has 0 N–H and O–H groups in total. The van der Waals surface area contributed by atoms with Crippen molar-refractivity contribution in [1.82, 2.24) is 0 Å². The first kappa shape index (κ1) is 18.4. The molecule has 0 spiro atoms. The molecule has 0 amide bonds. The first-order valence-corrected chi connectivity index (χ1v) is 5.75. The van der Waals surface area contributed by atoms with Crippen molar-refractivity contribution in [3.05, 3.63) is 42.0 Å². The Kier molecular flexibility index (Phi) is 4.88. The van der Waals surface area contributed by atoms with Crippen LogP contribution in [0.2, 0.25) is 0 Å². The van der Waals surface area contributed by atoms with Gasteiger partial charge in [-0.2, -0.15) is 39.5 Å². The van der Waals surface area contributed by atoms with Crippen LogP contribution >= 0.6 is 0 Å². The topological polar surface area (TPSA) is 0 Å². The number of alkyl halides is 9. The molecule has 0 saturated heterocycles. The zero-order valence-corrected chi connectivity index (χ0v) is 10.7. The fourth-order valence-electron chi connectivity index (χ4n) is 1.44. The Morgan fingerprint density at radius 3 is 1.68 bits per heavy atom. The molecule has 9 heteroatoms. The standard InChI is InChI=1S/C13H9F9/c14-10(15,8-4-7-9-5-2-1-3-6-9)11(16,17)12(18,19)13(20,21)22/h1-7H,8H2/b7-4+. The predicted octanol–water partition coefficient (Wildman–Crippen LogP) is 5.56. The van der Waals surface area contributed by atoms with E-state index in [0.717, 1.165) is 6.08 Å². The van der Waals surface area contributed by atoms with Crippen molar-refractivity contribution in [2.45, 2.75) is 30.4 Å². The summed E-state index contributed by atoms with van der Waals surface area (Å²) in [5, 5.41) is 0. The third-order valence-electron chi connectivity index (χ3n) is 2.69. The molecule has 1 aromatic rings. The van der Waals surface area contributed by atoms with Gasteiger partial charge in [0.15, 0.2) is 0 Å². The molecule has 1 aromatic carbocycles. The molecule has 0 aliphatic carbocycles. The Morgan fingerprint density at radius 1 is 0.727 bits per heavy atom. The van der Waals surface area contributed by atoms with Crippen molar-refractivity contribution in [2.75, 3.05) is 0 Å². The summed E-state index contributed by atoms with van der Waals surface area (Å²) in [6.45, 7) is 0. The molecule has 0 atom stereocenters. The minimum absolute atomic E-state index is 0.296. The third-order valence-corrected chi connectivity index (χ3v) is 2.69. The monoisotopic (exact) mass is 336 g/mol. The van der Waals surface area contributed by atoms with Gasteiger partial charge < -0.3 is 0 Å². The lowest BCUT2D eigenvalue weighted by Gasteiger charge is -2.33. The minimum atomic E-state index is -6.84. The molecule has 0 unspecified atom stereocenters. The van der Waals surface area contributed by atoms with Gasteiger partial charge in [-0.25, -0.2) is 0 Å². The van der Waals surface area contributed by atoms with Gasteiger partial charge in [-0.15, -0.1) is 0 Å². The van der Waals surface area contributed by atoms with Gasteiger partial charge in [0.2, 0.25) is 0 Å². The molecule has 0 heterocycles. The lowest BCUT2D eigenvalue weighted by atomic mass is 10.0. The van der Waals surface area contributed by atoms with Crippen LogP contribution in [0, 0.1) is 0 Å². The summed E-state index contributed by atoms with van der Waals surface area (Å²) in [7, 11) is 0. The second-order valence-electron chi connectivity index (χ2n) is 4.37. The Bertz CT molecular complexity index is 514. The molecular formula is C13H9F9. The van der Waals surface area contributed by atoms with Crippen molar-refractivity contribution in [1.29, 1.82) is 0 Å². The van der Waals surface area contributed by atoms with Crippen LogP contribution in [0.3, 0.4) is 0 Å². The first-order valence-electron chi connectivity index (χ1n) is 5.75. The molecule has 0 radical (unpaired) electrons. The molecule has 0 fully saturated rings. The van der Waals surface area contributed by atoms with Crippen molar-refractivity contribution in [3.8, 4) is 0 Å². The van der Waals surface area contributed by atoms with E-state index >= 15 is 0 Å². The Hall–Kier alpha value is -1.67. The summed E-state index contributed by atoms with van der Waals surface area (Å²) in [6.07, 6.45) is -7.44. The second kappa shape index (κ2) is 5.85. The molecule has 0 nitrogen and oxygen atoms in total. The molecule has 0 aliphatic heterocycles. The first-order chi connectivity index (χ1) is 9.83. The van der Waals surface area contributed by atoms with Crippen molar-refractivity contribution < 1.29 is 39.5 Å². The quantitative estimate of drug-likeness (QED) is 0.618. The lowest BCUT2D eigenvalue weighted by molar-refractivity contribution is -0.395. The molecule has 124 valence electrons. The molecule has 22 heavy (non-hydrogen) atoms. The highest BCUT2D eigenvalue weighted by atomic mass is 19.4. The van der Waals surface area contributed by atoms with Gasteiger partial charge in [-0.05, 0) is 5.56 Å². The van der Waals surface area contributed by atoms with Gasteiger partial charge in [0.25, 0.3) is 0 Å². The fourth-order valence-corrected chi connectivity index (χ4v) is 1.44. The highest BCUT2D eigenvalue weighted by Gasteiger charge is 2.81. The summed E-state index contributed by atoms with van der Waals surface area (Å²) in [6, 6.07) is 7.35. The zero-order valence-electron chi connectivity index (χ0n) is 10.7. The van der Waals surface area contributed by atoms with Crippen LogP contribution in [0.5, 0.6) is 0 Å². The molecular weight excluding hydrogens is 327 g/mol. The van der Waals surface area contributed by atoms with E-state index in [4.69, 9.17) is 0 Å². The zero-order chi connectivity index (χ0) is 17.2. The smallest absolute Gasteiger partial charge is 0.199 e. The number of hydrogen-bond donors (Lipinski definition) is 0.